The molecule has 1 atom stereocenters. The second-order valence-corrected chi connectivity index (χ2v) is 4.08. The Labute approximate surface area is 94.7 Å². The number of nitrogens with one attached hydrogen (secondary N) is 2. The van der Waals surface area contributed by atoms with Crippen LogP contribution in [0.4, 0.5) is 5.69 Å². The van der Waals surface area contributed by atoms with Crippen LogP contribution in [0.1, 0.15) is 12.8 Å². The van der Waals surface area contributed by atoms with Crippen LogP contribution in [0.5, 0.6) is 5.75 Å². The fourth-order valence-corrected chi connectivity index (χ4v) is 1.86. The summed E-state index contributed by atoms with van der Waals surface area (Å²) in [6.45, 7) is 1.76. The summed E-state index contributed by atoms with van der Waals surface area (Å²) in [5, 5.41) is 15.2. The molecular weight excluding hydrogens is 204 g/mol. The lowest BCUT2D eigenvalue weighted by Gasteiger charge is -2.21. The van der Waals surface area contributed by atoms with Gasteiger partial charge in [0, 0.05) is 12.2 Å². The molecule has 2 rings (SSSR count). The maximum atomic E-state index is 11.8. The molecule has 3 N–H and O–H groups in total. The number of rotatable bonds is 2. The van der Waals surface area contributed by atoms with E-state index in [1.165, 1.54) is 0 Å². The van der Waals surface area contributed by atoms with Gasteiger partial charge in [0.05, 0.1) is 5.92 Å². The van der Waals surface area contributed by atoms with Crippen LogP contribution in [-0.2, 0) is 4.79 Å². The predicted molar refractivity (Wildman–Crippen MR) is 62.3 cm³/mol. The normalized spacial score (nSPS) is 20.4. The molecular formula is C12H16N2O2. The molecule has 86 valence electrons. The molecule has 0 bridgehead atoms. The molecule has 0 aliphatic carbocycles. The van der Waals surface area contributed by atoms with E-state index in [0.29, 0.717) is 0 Å². The molecule has 0 radical (unpaired) electrons. The first-order chi connectivity index (χ1) is 7.75. The topological polar surface area (TPSA) is 61.4 Å². The summed E-state index contributed by atoms with van der Waals surface area (Å²) >= 11 is 0. The van der Waals surface area contributed by atoms with Crippen molar-refractivity contribution in [2.45, 2.75) is 12.8 Å². The van der Waals surface area contributed by atoms with E-state index in [2.05, 4.69) is 10.6 Å². The summed E-state index contributed by atoms with van der Waals surface area (Å²) in [6, 6.07) is 6.52. The Balaban J connectivity index is 1.93. The van der Waals surface area contributed by atoms with Gasteiger partial charge in [-0.2, -0.15) is 0 Å². The molecule has 0 spiro atoms. The van der Waals surface area contributed by atoms with Gasteiger partial charge in [0.15, 0.2) is 0 Å². The SMILES string of the molecule is O=C(Nc1ccc(O)cc1)[C@@H]1CCCNC1. The number of hydrogen-bond acceptors (Lipinski definition) is 3. The van der Waals surface area contributed by atoms with E-state index in [-0.39, 0.29) is 17.6 Å². The van der Waals surface area contributed by atoms with Gasteiger partial charge >= 0.3 is 0 Å². The van der Waals surface area contributed by atoms with Crippen molar-refractivity contribution in [2.75, 3.05) is 18.4 Å². The predicted octanol–water partition coefficient (Wildman–Crippen LogP) is 1.33. The van der Waals surface area contributed by atoms with E-state index in [1.54, 1.807) is 24.3 Å². The van der Waals surface area contributed by atoms with E-state index < -0.39 is 0 Å². The Bertz CT molecular complexity index is 356. The van der Waals surface area contributed by atoms with Crippen LogP contribution in [0.15, 0.2) is 24.3 Å². The smallest absolute Gasteiger partial charge is 0.228 e. The molecule has 4 nitrogen and oxygen atoms in total. The monoisotopic (exact) mass is 220 g/mol. The van der Waals surface area contributed by atoms with Crippen molar-refractivity contribution in [1.29, 1.82) is 0 Å². The number of benzene rings is 1. The lowest BCUT2D eigenvalue weighted by molar-refractivity contribution is -0.120. The third-order valence-electron chi connectivity index (χ3n) is 2.80. The fraction of sp³-hybridized carbons (Fsp3) is 0.417. The summed E-state index contributed by atoms with van der Waals surface area (Å²) in [6.07, 6.45) is 1.99. The van der Waals surface area contributed by atoms with Crippen LogP contribution in [0, 0.1) is 5.92 Å². The number of piperidine rings is 1. The minimum absolute atomic E-state index is 0.0536. The van der Waals surface area contributed by atoms with E-state index in [4.69, 9.17) is 5.11 Å². The van der Waals surface area contributed by atoms with Crippen molar-refractivity contribution in [3.05, 3.63) is 24.3 Å². The number of anilines is 1. The molecule has 0 aromatic heterocycles. The summed E-state index contributed by atoms with van der Waals surface area (Å²) in [7, 11) is 0. The highest BCUT2D eigenvalue weighted by Crippen LogP contribution is 2.16. The number of carbonyl (C=O) groups is 1. The van der Waals surface area contributed by atoms with Crippen LogP contribution in [0.2, 0.25) is 0 Å². The van der Waals surface area contributed by atoms with Crippen molar-refractivity contribution >= 4 is 11.6 Å². The molecule has 1 aromatic carbocycles. The minimum Gasteiger partial charge on any atom is -0.508 e. The van der Waals surface area contributed by atoms with Crippen molar-refractivity contribution in [3.8, 4) is 5.75 Å². The molecule has 0 saturated carbocycles. The Kier molecular flexibility index (Phi) is 3.41. The molecule has 1 amide bonds. The second-order valence-electron chi connectivity index (χ2n) is 4.08. The summed E-state index contributed by atoms with van der Waals surface area (Å²) < 4.78 is 0. The van der Waals surface area contributed by atoms with E-state index in [1.807, 2.05) is 0 Å². The molecule has 1 aromatic rings. The first kappa shape index (κ1) is 11.0. The van der Waals surface area contributed by atoms with Crippen LogP contribution < -0.4 is 10.6 Å². The first-order valence-electron chi connectivity index (χ1n) is 5.56. The molecule has 0 unspecified atom stereocenters. The van der Waals surface area contributed by atoms with E-state index in [0.717, 1.165) is 31.6 Å². The molecule has 1 aliphatic heterocycles. The Morgan fingerprint density at radius 2 is 2.12 bits per heavy atom. The highest BCUT2D eigenvalue weighted by atomic mass is 16.3. The third-order valence-corrected chi connectivity index (χ3v) is 2.80. The zero-order chi connectivity index (χ0) is 11.4. The highest BCUT2D eigenvalue weighted by molar-refractivity contribution is 5.92. The molecule has 1 fully saturated rings. The van der Waals surface area contributed by atoms with Gasteiger partial charge in [0.2, 0.25) is 5.91 Å². The number of phenolic OH excluding ortho intramolecular Hbond substituents is 1. The maximum absolute atomic E-state index is 11.8. The van der Waals surface area contributed by atoms with Crippen molar-refractivity contribution in [2.24, 2.45) is 5.92 Å². The summed E-state index contributed by atoms with van der Waals surface area (Å²) in [5.41, 5.74) is 0.730. The van der Waals surface area contributed by atoms with Gasteiger partial charge in [-0.15, -0.1) is 0 Å². The number of hydrogen-bond donors (Lipinski definition) is 3. The quantitative estimate of drug-likeness (QED) is 0.659. The van der Waals surface area contributed by atoms with E-state index >= 15 is 0 Å². The van der Waals surface area contributed by atoms with Crippen LogP contribution >= 0.6 is 0 Å². The minimum atomic E-state index is 0.0536. The maximum Gasteiger partial charge on any atom is 0.228 e. The van der Waals surface area contributed by atoms with Gasteiger partial charge in [0.25, 0.3) is 0 Å². The van der Waals surface area contributed by atoms with E-state index in [9.17, 15) is 4.79 Å². The van der Waals surface area contributed by atoms with Gasteiger partial charge in [-0.05, 0) is 43.7 Å². The second kappa shape index (κ2) is 4.99. The molecule has 1 heterocycles. The van der Waals surface area contributed by atoms with Crippen LogP contribution in [0.25, 0.3) is 0 Å². The average molecular weight is 220 g/mol. The summed E-state index contributed by atoms with van der Waals surface area (Å²) in [4.78, 5) is 11.8. The zero-order valence-corrected chi connectivity index (χ0v) is 9.07. The van der Waals surface area contributed by atoms with Crippen molar-refractivity contribution in [3.63, 3.8) is 0 Å². The number of carbonyl (C=O) groups excluding carboxylic acids is 1. The molecule has 1 saturated heterocycles. The largest absolute Gasteiger partial charge is 0.508 e. The Morgan fingerprint density at radius 3 is 2.75 bits per heavy atom. The van der Waals surface area contributed by atoms with Crippen molar-refractivity contribution < 1.29 is 9.90 Å². The summed E-state index contributed by atoms with van der Waals surface area (Å²) in [5.74, 6) is 0.317. The van der Waals surface area contributed by atoms with Gasteiger partial charge in [0.1, 0.15) is 5.75 Å². The standard InChI is InChI=1S/C12H16N2O2/c15-11-5-3-10(4-6-11)14-12(16)9-2-1-7-13-8-9/h3-6,9,13,15H,1-2,7-8H2,(H,14,16)/t9-/m1/s1. The number of phenols is 1. The van der Waals surface area contributed by atoms with Gasteiger partial charge in [-0.25, -0.2) is 0 Å². The Morgan fingerprint density at radius 1 is 1.38 bits per heavy atom. The number of aromatic hydroxyl groups is 1. The first-order valence-corrected chi connectivity index (χ1v) is 5.56. The van der Waals surface area contributed by atoms with Crippen molar-refractivity contribution in [1.82, 2.24) is 5.32 Å². The Hall–Kier alpha value is -1.55. The highest BCUT2D eigenvalue weighted by Gasteiger charge is 2.20. The van der Waals surface area contributed by atoms with Crippen LogP contribution in [-0.4, -0.2) is 24.1 Å². The lowest BCUT2D eigenvalue weighted by atomic mass is 9.99. The fourth-order valence-electron chi connectivity index (χ4n) is 1.86. The molecule has 4 heteroatoms. The lowest BCUT2D eigenvalue weighted by Crippen LogP contribution is -2.37. The van der Waals surface area contributed by atoms with Gasteiger partial charge < -0.3 is 15.7 Å². The third kappa shape index (κ3) is 2.73. The average Bonchev–Trinajstić information content (AvgIpc) is 2.33. The molecule has 1 aliphatic rings. The number of amides is 1. The van der Waals surface area contributed by atoms with Crippen LogP contribution in [0.3, 0.4) is 0 Å². The zero-order valence-electron chi connectivity index (χ0n) is 9.07. The van der Waals surface area contributed by atoms with Gasteiger partial charge in [-0.3, -0.25) is 4.79 Å². The van der Waals surface area contributed by atoms with Gasteiger partial charge in [-0.1, -0.05) is 0 Å². The molecule has 16 heavy (non-hydrogen) atoms.